The van der Waals surface area contributed by atoms with Crippen molar-refractivity contribution in [2.75, 3.05) is 67.0 Å². The standard InChI is InChI=1S/C11H24N2.C9H20N2/c1-9(2)13-6-10(3)11(8-13)7-12(4)5;1-9(2,3)11-7-5-10(4)6-8-11/h9-11H,6-8H2,1-5H3;5-8H2,1-4H3. The third-order valence-electron chi connectivity index (χ3n) is 5.58. The van der Waals surface area contributed by atoms with Gasteiger partial charge in [-0.05, 0) is 67.6 Å². The van der Waals surface area contributed by atoms with Crippen LogP contribution >= 0.6 is 0 Å². The first-order valence-corrected chi connectivity index (χ1v) is 9.83. The minimum atomic E-state index is 0.362. The smallest absolute Gasteiger partial charge is 0.0126 e. The van der Waals surface area contributed by atoms with E-state index in [1.165, 1.54) is 45.8 Å². The van der Waals surface area contributed by atoms with Crippen LogP contribution in [0.3, 0.4) is 0 Å². The molecule has 0 bridgehead atoms. The molecule has 2 fully saturated rings. The summed E-state index contributed by atoms with van der Waals surface area (Å²) in [5.74, 6) is 1.74. The maximum absolute atomic E-state index is 2.60. The van der Waals surface area contributed by atoms with Crippen LogP contribution in [-0.2, 0) is 0 Å². The molecule has 24 heavy (non-hydrogen) atoms. The molecule has 0 aliphatic carbocycles. The molecule has 2 heterocycles. The van der Waals surface area contributed by atoms with E-state index in [0.29, 0.717) is 5.54 Å². The predicted octanol–water partition coefficient (Wildman–Crippen LogP) is 2.56. The molecule has 2 aliphatic heterocycles. The molecule has 2 aliphatic rings. The quantitative estimate of drug-likeness (QED) is 0.783. The van der Waals surface area contributed by atoms with Crippen molar-refractivity contribution in [1.82, 2.24) is 19.6 Å². The number of rotatable bonds is 3. The van der Waals surface area contributed by atoms with E-state index in [0.717, 1.165) is 17.9 Å². The van der Waals surface area contributed by atoms with Crippen LogP contribution in [0.1, 0.15) is 41.5 Å². The van der Waals surface area contributed by atoms with Crippen LogP contribution in [0.4, 0.5) is 0 Å². The van der Waals surface area contributed by atoms with E-state index in [1.807, 2.05) is 0 Å². The summed E-state index contributed by atoms with van der Waals surface area (Å²) in [6, 6.07) is 0.717. The number of nitrogens with zero attached hydrogens (tertiary/aromatic N) is 4. The van der Waals surface area contributed by atoms with Crippen LogP contribution in [0.2, 0.25) is 0 Å². The Bertz CT molecular complexity index is 340. The van der Waals surface area contributed by atoms with Crippen molar-refractivity contribution in [3.63, 3.8) is 0 Å². The third kappa shape index (κ3) is 7.38. The lowest BCUT2D eigenvalue weighted by Crippen LogP contribution is -2.52. The van der Waals surface area contributed by atoms with Crippen molar-refractivity contribution in [3.8, 4) is 0 Å². The van der Waals surface area contributed by atoms with E-state index in [4.69, 9.17) is 0 Å². The van der Waals surface area contributed by atoms with Gasteiger partial charge in [-0.3, -0.25) is 4.90 Å². The molecule has 0 amide bonds. The highest BCUT2D eigenvalue weighted by atomic mass is 15.3. The van der Waals surface area contributed by atoms with Gasteiger partial charge in [-0.1, -0.05) is 6.92 Å². The molecule has 0 aromatic carbocycles. The lowest BCUT2D eigenvalue weighted by Gasteiger charge is -2.41. The highest BCUT2D eigenvalue weighted by Gasteiger charge is 2.30. The first-order chi connectivity index (χ1) is 11.0. The zero-order chi connectivity index (χ0) is 18.5. The molecule has 4 nitrogen and oxygen atoms in total. The summed E-state index contributed by atoms with van der Waals surface area (Å²) < 4.78 is 0. The van der Waals surface area contributed by atoms with Crippen LogP contribution in [0.5, 0.6) is 0 Å². The maximum Gasteiger partial charge on any atom is 0.0126 e. The Morgan fingerprint density at radius 1 is 1.00 bits per heavy atom. The summed E-state index contributed by atoms with van der Waals surface area (Å²) in [6.45, 7) is 22.5. The van der Waals surface area contributed by atoms with E-state index in [2.05, 4.69) is 82.3 Å². The molecule has 2 rings (SSSR count). The molecule has 0 N–H and O–H groups in total. The molecule has 2 atom stereocenters. The SMILES string of the molecule is CC1CN(C(C)C)CC1CN(C)C.CN1CCN(C(C)(C)C)CC1. The molecule has 2 unspecified atom stereocenters. The zero-order valence-corrected chi connectivity index (χ0v) is 18.0. The van der Waals surface area contributed by atoms with Crippen LogP contribution in [0.25, 0.3) is 0 Å². The molecular weight excluding hydrogens is 296 g/mol. The highest BCUT2D eigenvalue weighted by molar-refractivity contribution is 4.84. The Kier molecular flexibility index (Phi) is 8.67. The topological polar surface area (TPSA) is 13.0 Å². The molecule has 0 radical (unpaired) electrons. The van der Waals surface area contributed by atoms with E-state index >= 15 is 0 Å². The van der Waals surface area contributed by atoms with Crippen molar-refractivity contribution in [2.45, 2.75) is 53.1 Å². The first-order valence-electron chi connectivity index (χ1n) is 9.83. The van der Waals surface area contributed by atoms with Gasteiger partial charge in [-0.15, -0.1) is 0 Å². The van der Waals surface area contributed by atoms with Crippen molar-refractivity contribution in [3.05, 3.63) is 0 Å². The van der Waals surface area contributed by atoms with E-state index in [9.17, 15) is 0 Å². The second-order valence-corrected chi connectivity index (χ2v) is 9.51. The van der Waals surface area contributed by atoms with Crippen LogP contribution in [0.15, 0.2) is 0 Å². The van der Waals surface area contributed by atoms with E-state index in [-0.39, 0.29) is 0 Å². The fourth-order valence-corrected chi connectivity index (χ4v) is 3.68. The van der Waals surface area contributed by atoms with Gasteiger partial charge in [0.1, 0.15) is 0 Å². The summed E-state index contributed by atoms with van der Waals surface area (Å²) in [6.07, 6.45) is 0. The highest BCUT2D eigenvalue weighted by Crippen LogP contribution is 2.24. The molecule has 2 saturated heterocycles. The summed E-state index contributed by atoms with van der Waals surface area (Å²) >= 11 is 0. The van der Waals surface area contributed by atoms with Crippen LogP contribution in [-0.4, -0.2) is 98.1 Å². The van der Waals surface area contributed by atoms with Crippen LogP contribution < -0.4 is 0 Å². The predicted molar refractivity (Wildman–Crippen MR) is 107 cm³/mol. The molecule has 4 heteroatoms. The van der Waals surface area contributed by atoms with Gasteiger partial charge >= 0.3 is 0 Å². The normalized spacial score (nSPS) is 27.6. The Morgan fingerprint density at radius 3 is 1.92 bits per heavy atom. The molecule has 0 aromatic rings. The van der Waals surface area contributed by atoms with Crippen molar-refractivity contribution in [2.24, 2.45) is 11.8 Å². The second kappa shape index (κ2) is 9.51. The Hall–Kier alpha value is -0.160. The molecule has 0 aromatic heterocycles. The first kappa shape index (κ1) is 21.9. The van der Waals surface area contributed by atoms with Gasteiger partial charge in [0.2, 0.25) is 0 Å². The number of hydrogen-bond donors (Lipinski definition) is 0. The Balaban J connectivity index is 0.000000243. The van der Waals surface area contributed by atoms with Crippen molar-refractivity contribution in [1.29, 1.82) is 0 Å². The summed E-state index contributed by atoms with van der Waals surface area (Å²) in [5.41, 5.74) is 0.362. The van der Waals surface area contributed by atoms with Gasteiger partial charge in [0, 0.05) is 57.4 Å². The van der Waals surface area contributed by atoms with Gasteiger partial charge < -0.3 is 14.7 Å². The second-order valence-electron chi connectivity index (χ2n) is 9.51. The van der Waals surface area contributed by atoms with Gasteiger partial charge in [0.15, 0.2) is 0 Å². The van der Waals surface area contributed by atoms with Crippen molar-refractivity contribution < 1.29 is 0 Å². The minimum absolute atomic E-state index is 0.362. The largest absolute Gasteiger partial charge is 0.309 e. The van der Waals surface area contributed by atoms with Gasteiger partial charge in [0.25, 0.3) is 0 Å². The fraction of sp³-hybridized carbons (Fsp3) is 1.00. The van der Waals surface area contributed by atoms with Crippen molar-refractivity contribution >= 4 is 0 Å². The van der Waals surface area contributed by atoms with Gasteiger partial charge in [-0.25, -0.2) is 0 Å². The Labute approximate surface area is 152 Å². The average Bonchev–Trinajstić information content (AvgIpc) is 2.80. The zero-order valence-electron chi connectivity index (χ0n) is 18.0. The molecular formula is C20H44N4. The number of hydrogen-bond acceptors (Lipinski definition) is 4. The van der Waals surface area contributed by atoms with E-state index < -0.39 is 0 Å². The third-order valence-corrected chi connectivity index (χ3v) is 5.58. The average molecular weight is 341 g/mol. The summed E-state index contributed by atoms with van der Waals surface area (Å²) in [7, 11) is 6.54. The molecule has 0 spiro atoms. The summed E-state index contributed by atoms with van der Waals surface area (Å²) in [4.78, 5) is 9.85. The molecule has 0 saturated carbocycles. The fourth-order valence-electron chi connectivity index (χ4n) is 3.68. The lowest BCUT2D eigenvalue weighted by molar-refractivity contribution is 0.0735. The monoisotopic (exact) mass is 340 g/mol. The van der Waals surface area contributed by atoms with Gasteiger partial charge in [-0.2, -0.15) is 0 Å². The molecule has 144 valence electrons. The number of likely N-dealkylation sites (N-methyl/N-ethyl adjacent to an activating group) is 1. The number of likely N-dealkylation sites (tertiary alicyclic amines) is 1. The minimum Gasteiger partial charge on any atom is -0.309 e. The number of piperazine rings is 1. The Morgan fingerprint density at radius 2 is 1.54 bits per heavy atom. The van der Waals surface area contributed by atoms with Crippen LogP contribution in [0, 0.1) is 11.8 Å². The lowest BCUT2D eigenvalue weighted by atomic mass is 9.98. The maximum atomic E-state index is 2.60. The van der Waals surface area contributed by atoms with Gasteiger partial charge in [0.05, 0.1) is 0 Å². The van der Waals surface area contributed by atoms with E-state index in [1.54, 1.807) is 0 Å². The summed E-state index contributed by atoms with van der Waals surface area (Å²) in [5, 5.41) is 0.